The van der Waals surface area contributed by atoms with Gasteiger partial charge in [-0.05, 0) is 11.6 Å². The lowest BCUT2D eigenvalue weighted by Gasteiger charge is -2.34. The molecule has 2 aliphatic heterocycles. The minimum atomic E-state index is -4.66. The minimum Gasteiger partial charge on any atom is -0.453 e. The normalized spacial score (nSPS) is 26.7. The summed E-state index contributed by atoms with van der Waals surface area (Å²) >= 11 is 6.12. The van der Waals surface area contributed by atoms with Crippen LogP contribution in [0.3, 0.4) is 0 Å². The number of nitriles is 1. The molecule has 0 saturated carbocycles. The highest BCUT2D eigenvalue weighted by molar-refractivity contribution is 6.31. The second-order valence-corrected chi connectivity index (χ2v) is 5.48. The van der Waals surface area contributed by atoms with Gasteiger partial charge >= 0.3 is 6.18 Å². The van der Waals surface area contributed by atoms with Crippen LogP contribution >= 0.6 is 11.6 Å². The predicted molar refractivity (Wildman–Crippen MR) is 76.0 cm³/mol. The fraction of sp³-hybridized carbons (Fsp3) is 0.286. The third kappa shape index (κ3) is 2.47. The zero-order valence-electron chi connectivity index (χ0n) is 11.4. The van der Waals surface area contributed by atoms with Crippen molar-refractivity contribution < 1.29 is 17.9 Å². The summed E-state index contributed by atoms with van der Waals surface area (Å²) in [5, 5.41) is 12.9. The van der Waals surface area contributed by atoms with Crippen molar-refractivity contribution >= 4 is 17.3 Å². The third-order valence-corrected chi connectivity index (χ3v) is 4.14. The number of fused-ring (bicyclic) bond motifs is 1. The molecule has 2 aliphatic rings. The first kappa shape index (κ1) is 15.5. The zero-order chi connectivity index (χ0) is 16.8. The van der Waals surface area contributed by atoms with E-state index in [1.165, 1.54) is 0 Å². The van der Waals surface area contributed by atoms with Crippen LogP contribution in [0.1, 0.15) is 11.5 Å². The number of nitrogens with two attached hydrogens (primary N) is 1. The third-order valence-electron chi connectivity index (χ3n) is 3.79. The second-order valence-electron chi connectivity index (χ2n) is 5.08. The molecule has 0 spiro atoms. The Labute approximate surface area is 134 Å². The number of hydrazone groups is 1. The molecule has 0 aliphatic carbocycles. The molecular weight excluding hydrogens is 333 g/mol. The van der Waals surface area contributed by atoms with E-state index in [1.807, 2.05) is 6.07 Å². The van der Waals surface area contributed by atoms with E-state index in [1.54, 1.807) is 24.3 Å². The summed E-state index contributed by atoms with van der Waals surface area (Å²) in [5.74, 6) is -2.48. The highest BCUT2D eigenvalue weighted by Gasteiger charge is 2.55. The van der Waals surface area contributed by atoms with Gasteiger partial charge in [0, 0.05) is 10.9 Å². The topological polar surface area (TPSA) is 83.4 Å². The van der Waals surface area contributed by atoms with E-state index in [2.05, 4.69) is 10.5 Å². The van der Waals surface area contributed by atoms with Crippen molar-refractivity contribution in [2.75, 3.05) is 0 Å². The number of benzene rings is 1. The molecule has 120 valence electrons. The smallest absolute Gasteiger partial charge is 0.431 e. The molecule has 5 nitrogen and oxygen atoms in total. The summed E-state index contributed by atoms with van der Waals surface area (Å²) in [5.41, 5.74) is 7.21. The summed E-state index contributed by atoms with van der Waals surface area (Å²) in [6, 6.07) is 8.21. The van der Waals surface area contributed by atoms with Crippen molar-refractivity contribution in [3.63, 3.8) is 0 Å². The minimum absolute atomic E-state index is 0.0972. The average molecular weight is 343 g/mol. The van der Waals surface area contributed by atoms with E-state index in [9.17, 15) is 18.4 Å². The monoisotopic (exact) mass is 342 g/mol. The van der Waals surface area contributed by atoms with Crippen LogP contribution in [0.25, 0.3) is 0 Å². The summed E-state index contributed by atoms with van der Waals surface area (Å²) in [6.45, 7) is 0. The van der Waals surface area contributed by atoms with Crippen LogP contribution in [0.15, 0.2) is 40.8 Å². The van der Waals surface area contributed by atoms with Crippen molar-refractivity contribution in [3.8, 4) is 6.07 Å². The molecule has 0 unspecified atom stereocenters. The van der Waals surface area contributed by atoms with E-state index < -0.39 is 30.0 Å². The number of alkyl halides is 3. The highest BCUT2D eigenvalue weighted by Crippen LogP contribution is 2.46. The van der Waals surface area contributed by atoms with Crippen molar-refractivity contribution in [2.45, 2.75) is 18.3 Å². The van der Waals surface area contributed by atoms with Gasteiger partial charge in [-0.15, -0.1) is 0 Å². The van der Waals surface area contributed by atoms with Crippen LogP contribution in [0.4, 0.5) is 13.2 Å². The van der Waals surface area contributed by atoms with Crippen molar-refractivity contribution in [1.82, 2.24) is 5.43 Å². The van der Waals surface area contributed by atoms with E-state index in [0.29, 0.717) is 5.56 Å². The van der Waals surface area contributed by atoms with Gasteiger partial charge in [0.15, 0.2) is 11.9 Å². The fourth-order valence-electron chi connectivity index (χ4n) is 2.85. The van der Waals surface area contributed by atoms with Crippen LogP contribution in [0, 0.1) is 17.2 Å². The number of rotatable bonds is 1. The Morgan fingerprint density at radius 3 is 2.65 bits per heavy atom. The summed E-state index contributed by atoms with van der Waals surface area (Å²) in [4.78, 5) is 0. The number of halogens is 4. The lowest BCUT2D eigenvalue weighted by molar-refractivity contribution is -0.0661. The van der Waals surface area contributed by atoms with Crippen molar-refractivity contribution in [3.05, 3.63) is 46.3 Å². The summed E-state index contributed by atoms with van der Waals surface area (Å²) in [7, 11) is 0. The lowest BCUT2D eigenvalue weighted by atomic mass is 9.76. The first-order chi connectivity index (χ1) is 10.8. The van der Waals surface area contributed by atoms with Gasteiger partial charge in [0.2, 0.25) is 5.88 Å². The van der Waals surface area contributed by atoms with Crippen LogP contribution in [-0.2, 0) is 4.74 Å². The SMILES string of the molecule is N#CC1=C(N)O[C@@H]2NN=C(C(F)(F)F)[C@H]2[C@@H]1c1ccccc1Cl. The number of hydrogen-bond acceptors (Lipinski definition) is 5. The van der Waals surface area contributed by atoms with Gasteiger partial charge in [-0.1, -0.05) is 29.8 Å². The van der Waals surface area contributed by atoms with Crippen LogP contribution in [-0.4, -0.2) is 18.1 Å². The molecule has 0 aromatic heterocycles. The largest absolute Gasteiger partial charge is 0.453 e. The van der Waals surface area contributed by atoms with Gasteiger partial charge in [-0.25, -0.2) is 0 Å². The molecule has 3 N–H and O–H groups in total. The first-order valence-corrected chi connectivity index (χ1v) is 6.93. The summed E-state index contributed by atoms with van der Waals surface area (Å²) in [6.07, 6.45) is -5.77. The van der Waals surface area contributed by atoms with E-state index >= 15 is 0 Å². The lowest BCUT2D eigenvalue weighted by Crippen LogP contribution is -2.45. The van der Waals surface area contributed by atoms with E-state index in [4.69, 9.17) is 22.1 Å². The number of hydrogen-bond donors (Lipinski definition) is 2. The highest BCUT2D eigenvalue weighted by atomic mass is 35.5. The maximum Gasteiger partial charge on any atom is 0.431 e. The van der Waals surface area contributed by atoms with Gasteiger partial charge in [0.25, 0.3) is 0 Å². The molecule has 1 aromatic carbocycles. The molecule has 0 fully saturated rings. The van der Waals surface area contributed by atoms with Gasteiger partial charge in [0.1, 0.15) is 6.07 Å². The Morgan fingerprint density at radius 2 is 2.04 bits per heavy atom. The Hall–Kier alpha value is -2.40. The molecule has 3 rings (SSSR count). The molecule has 2 heterocycles. The average Bonchev–Trinajstić information content (AvgIpc) is 2.90. The Bertz CT molecular complexity index is 753. The maximum atomic E-state index is 13.3. The second kappa shape index (κ2) is 5.35. The molecule has 0 radical (unpaired) electrons. The Balaban J connectivity index is 2.18. The Morgan fingerprint density at radius 1 is 1.35 bits per heavy atom. The van der Waals surface area contributed by atoms with Crippen LogP contribution in [0.2, 0.25) is 5.02 Å². The van der Waals surface area contributed by atoms with E-state index in [-0.39, 0.29) is 16.5 Å². The Kier molecular flexibility index (Phi) is 3.60. The molecule has 0 bridgehead atoms. The van der Waals surface area contributed by atoms with Gasteiger partial charge in [-0.2, -0.15) is 23.5 Å². The number of nitrogens with one attached hydrogen (secondary N) is 1. The molecule has 23 heavy (non-hydrogen) atoms. The zero-order valence-corrected chi connectivity index (χ0v) is 12.2. The molecule has 9 heteroatoms. The number of ether oxygens (including phenoxy) is 1. The quantitative estimate of drug-likeness (QED) is 0.821. The predicted octanol–water partition coefficient (Wildman–Crippen LogP) is 2.61. The molecule has 3 atom stereocenters. The number of nitrogens with zero attached hydrogens (tertiary/aromatic N) is 2. The van der Waals surface area contributed by atoms with Crippen LogP contribution in [0.5, 0.6) is 0 Å². The number of allylic oxidation sites excluding steroid dienone is 1. The first-order valence-electron chi connectivity index (χ1n) is 6.55. The summed E-state index contributed by atoms with van der Waals surface area (Å²) < 4.78 is 45.0. The van der Waals surface area contributed by atoms with Crippen molar-refractivity contribution in [2.24, 2.45) is 16.8 Å². The van der Waals surface area contributed by atoms with Gasteiger partial charge in [0.05, 0.1) is 11.5 Å². The maximum absolute atomic E-state index is 13.3. The van der Waals surface area contributed by atoms with Gasteiger partial charge < -0.3 is 10.5 Å². The standard InChI is InChI=1S/C14H10ClF3N4O/c15-8-4-2-1-3-6(8)9-7(5-19)12(20)23-13-10(9)11(21-22-13)14(16,17)18/h1-4,9-10,13,22H,20H2/t9-,10-,13+/m1/s1. The molecular formula is C14H10ClF3N4O. The molecule has 0 saturated heterocycles. The fourth-order valence-corrected chi connectivity index (χ4v) is 3.10. The molecule has 0 amide bonds. The van der Waals surface area contributed by atoms with Gasteiger partial charge in [-0.3, -0.25) is 5.43 Å². The van der Waals surface area contributed by atoms with Crippen molar-refractivity contribution in [1.29, 1.82) is 5.26 Å². The molecule has 1 aromatic rings. The van der Waals surface area contributed by atoms with Crippen LogP contribution < -0.4 is 11.2 Å². The van der Waals surface area contributed by atoms with E-state index in [0.717, 1.165) is 0 Å².